The number of para-hydroxylation sites is 1. The predicted molar refractivity (Wildman–Crippen MR) is 117 cm³/mol. The number of carbonyl (C=O) groups excluding carboxylic acids is 1. The molecule has 1 aromatic carbocycles. The van der Waals surface area contributed by atoms with Gasteiger partial charge in [-0.15, -0.1) is 5.10 Å². The molecule has 9 nitrogen and oxygen atoms in total. The van der Waals surface area contributed by atoms with Crippen molar-refractivity contribution in [3.05, 3.63) is 30.3 Å². The molecule has 2 fully saturated rings. The second-order valence-electron chi connectivity index (χ2n) is 7.78. The smallest absolute Gasteiger partial charge is 0.316 e. The Bertz CT molecular complexity index is 710. The van der Waals surface area contributed by atoms with Gasteiger partial charge in [0, 0.05) is 33.1 Å². The lowest BCUT2D eigenvalue weighted by Gasteiger charge is -2.36. The zero-order chi connectivity index (χ0) is 21.5. The van der Waals surface area contributed by atoms with Gasteiger partial charge in [-0.25, -0.2) is 9.80 Å². The van der Waals surface area contributed by atoms with Gasteiger partial charge in [0.1, 0.15) is 12.3 Å². The lowest BCUT2D eigenvalue weighted by Crippen LogP contribution is -2.53. The number of hydroxylamine groups is 2. The number of hydrogen-bond acceptors (Lipinski definition) is 7. The van der Waals surface area contributed by atoms with Crippen LogP contribution in [0.3, 0.4) is 0 Å². The van der Waals surface area contributed by atoms with Gasteiger partial charge in [0.2, 0.25) is 5.90 Å². The van der Waals surface area contributed by atoms with Gasteiger partial charge in [0.05, 0.1) is 18.3 Å². The first-order chi connectivity index (χ1) is 14.5. The number of hydrazone groups is 1. The van der Waals surface area contributed by atoms with E-state index in [1.54, 1.807) is 0 Å². The topological polar surface area (TPSA) is 81.7 Å². The van der Waals surface area contributed by atoms with Crippen LogP contribution < -0.4 is 15.6 Å². The van der Waals surface area contributed by atoms with Crippen molar-refractivity contribution in [1.29, 1.82) is 0 Å². The van der Waals surface area contributed by atoms with E-state index in [-0.39, 0.29) is 24.3 Å². The predicted octanol–water partition coefficient (Wildman–Crippen LogP) is 1.83. The normalized spacial score (nSPS) is 21.7. The summed E-state index contributed by atoms with van der Waals surface area (Å²) in [5.41, 5.74) is 0.889. The number of ether oxygens (including phenoxy) is 1. The van der Waals surface area contributed by atoms with E-state index in [0.717, 1.165) is 25.3 Å². The van der Waals surface area contributed by atoms with Crippen molar-refractivity contribution in [2.75, 3.05) is 44.8 Å². The van der Waals surface area contributed by atoms with Crippen LogP contribution in [0, 0.1) is 0 Å². The summed E-state index contributed by atoms with van der Waals surface area (Å²) in [5.74, 6) is 0.584. The van der Waals surface area contributed by atoms with E-state index < -0.39 is 0 Å². The highest BCUT2D eigenvalue weighted by molar-refractivity contribution is 5.77. The molecule has 2 heterocycles. The van der Waals surface area contributed by atoms with Crippen molar-refractivity contribution in [2.24, 2.45) is 5.10 Å². The number of amides is 2. The molecule has 0 radical (unpaired) electrons. The van der Waals surface area contributed by atoms with E-state index in [4.69, 9.17) is 14.7 Å². The molecule has 2 N–H and O–H groups in total. The summed E-state index contributed by atoms with van der Waals surface area (Å²) >= 11 is 0. The summed E-state index contributed by atoms with van der Waals surface area (Å²) in [6.45, 7) is 9.66. The number of nitrogens with one attached hydrogen (secondary N) is 2. The number of likely N-dealkylation sites (tertiary alicyclic amines) is 1. The van der Waals surface area contributed by atoms with Gasteiger partial charge < -0.3 is 15.4 Å². The maximum Gasteiger partial charge on any atom is 0.316 e. The Hall–Kier alpha value is -2.36. The fourth-order valence-corrected chi connectivity index (χ4v) is 3.59. The molecule has 0 saturated carbocycles. The van der Waals surface area contributed by atoms with Gasteiger partial charge in [-0.2, -0.15) is 5.06 Å². The van der Waals surface area contributed by atoms with Gasteiger partial charge in [-0.1, -0.05) is 32.0 Å². The van der Waals surface area contributed by atoms with Crippen LogP contribution in [0.15, 0.2) is 35.4 Å². The van der Waals surface area contributed by atoms with E-state index in [9.17, 15) is 4.79 Å². The monoisotopic (exact) mass is 418 g/mol. The maximum absolute atomic E-state index is 12.6. The van der Waals surface area contributed by atoms with Crippen molar-refractivity contribution in [3.63, 3.8) is 0 Å². The van der Waals surface area contributed by atoms with Crippen LogP contribution in [-0.4, -0.2) is 80.0 Å². The Kier molecular flexibility index (Phi) is 7.89. The molecular formula is C21H34N6O3. The first kappa shape index (κ1) is 22.3. The van der Waals surface area contributed by atoms with Crippen LogP contribution in [0.5, 0.6) is 0 Å². The molecule has 1 aromatic rings. The molecule has 2 amide bonds. The average molecular weight is 419 g/mol. The van der Waals surface area contributed by atoms with Crippen LogP contribution in [0.25, 0.3) is 0 Å². The third kappa shape index (κ3) is 6.07. The van der Waals surface area contributed by atoms with Crippen molar-refractivity contribution < 1.29 is 14.4 Å². The summed E-state index contributed by atoms with van der Waals surface area (Å²) in [4.78, 5) is 20.4. The molecule has 2 saturated heterocycles. The van der Waals surface area contributed by atoms with Gasteiger partial charge in [-0.3, -0.25) is 9.74 Å². The van der Waals surface area contributed by atoms with E-state index >= 15 is 0 Å². The first-order valence-electron chi connectivity index (χ1n) is 10.7. The molecule has 30 heavy (non-hydrogen) atoms. The summed E-state index contributed by atoms with van der Waals surface area (Å²) in [5, 5.41) is 14.4. The number of benzene rings is 1. The Balaban J connectivity index is 1.66. The van der Waals surface area contributed by atoms with E-state index in [0.29, 0.717) is 25.5 Å². The van der Waals surface area contributed by atoms with Gasteiger partial charge in [-0.05, 0) is 25.6 Å². The quantitative estimate of drug-likeness (QED) is 0.290. The average Bonchev–Trinajstić information content (AvgIpc) is 3.17. The lowest BCUT2D eigenvalue weighted by atomic mass is 10.2. The van der Waals surface area contributed by atoms with Crippen LogP contribution in [0.4, 0.5) is 10.5 Å². The minimum Gasteiger partial charge on any atom is -0.474 e. The molecule has 0 spiro atoms. The molecule has 0 bridgehead atoms. The zero-order valence-corrected chi connectivity index (χ0v) is 18.4. The number of hydrogen-bond donors (Lipinski definition) is 2. The van der Waals surface area contributed by atoms with Crippen LogP contribution in [-0.2, 0) is 9.57 Å². The number of nitrogens with zero attached hydrogens (tertiary/aromatic N) is 4. The fourth-order valence-electron chi connectivity index (χ4n) is 3.59. The van der Waals surface area contributed by atoms with Crippen LogP contribution in [0.1, 0.15) is 27.2 Å². The Labute approximate surface area is 178 Å². The summed E-state index contributed by atoms with van der Waals surface area (Å²) < 4.78 is 5.96. The highest BCUT2D eigenvalue weighted by Crippen LogP contribution is 2.19. The third-order valence-corrected chi connectivity index (χ3v) is 5.19. The highest BCUT2D eigenvalue weighted by Gasteiger charge is 2.27. The minimum absolute atomic E-state index is 0.0307. The lowest BCUT2D eigenvalue weighted by molar-refractivity contribution is -0.105. The second-order valence-corrected chi connectivity index (χ2v) is 7.78. The second kappa shape index (κ2) is 10.6. The number of likely N-dealkylation sites (N-methyl/N-ethyl adjacent to an activating group) is 2. The van der Waals surface area contributed by atoms with E-state index in [1.807, 2.05) is 61.2 Å². The van der Waals surface area contributed by atoms with E-state index in [2.05, 4.69) is 22.6 Å². The van der Waals surface area contributed by atoms with Gasteiger partial charge in [0.25, 0.3) is 0 Å². The molecule has 166 valence electrons. The van der Waals surface area contributed by atoms with Gasteiger partial charge in [0.15, 0.2) is 0 Å². The molecule has 2 aliphatic heterocycles. The summed E-state index contributed by atoms with van der Waals surface area (Å²) in [6.07, 6.45) is 0.518. The highest BCUT2D eigenvalue weighted by atomic mass is 16.7. The third-order valence-electron chi connectivity index (χ3n) is 5.19. The van der Waals surface area contributed by atoms with Crippen molar-refractivity contribution in [2.45, 2.75) is 45.5 Å². The molecule has 2 aliphatic rings. The number of carbonyl (C=O) groups is 1. The molecule has 0 aliphatic carbocycles. The molecule has 9 heteroatoms. The molecule has 2 atom stereocenters. The Morgan fingerprint density at radius 2 is 2.03 bits per heavy atom. The Morgan fingerprint density at radius 3 is 2.63 bits per heavy atom. The minimum atomic E-state index is -0.320. The standard InChI is InChI=1S/C21H34N6O3/c1-5-20(23-21(28)22-17-12-26(6-2)29-15-17)27(18-10-8-7-9-11-18)24-16(3)30-19-13-25(4)14-19/h7-11,17,19-20H,5-6,12-15H2,1-4H3,(H2,22,23,28)/b24-16+/t17-,20?/m1/s1. The van der Waals surface area contributed by atoms with Crippen molar-refractivity contribution >= 4 is 17.6 Å². The summed E-state index contributed by atoms with van der Waals surface area (Å²) in [7, 11) is 2.06. The zero-order valence-electron chi connectivity index (χ0n) is 18.4. The van der Waals surface area contributed by atoms with Crippen LogP contribution in [0.2, 0.25) is 0 Å². The largest absolute Gasteiger partial charge is 0.474 e. The molecular weight excluding hydrogens is 384 g/mol. The van der Waals surface area contributed by atoms with Crippen molar-refractivity contribution in [3.8, 4) is 0 Å². The molecule has 1 unspecified atom stereocenters. The molecule has 3 rings (SSSR count). The van der Waals surface area contributed by atoms with Crippen molar-refractivity contribution in [1.82, 2.24) is 20.6 Å². The molecule has 0 aromatic heterocycles. The Morgan fingerprint density at radius 1 is 1.30 bits per heavy atom. The SMILES string of the molecule is CCC(NC(=O)N[C@H]1CON(CC)C1)N(/N=C(\C)OC1CN(C)C1)c1ccccc1. The summed E-state index contributed by atoms with van der Waals surface area (Å²) in [6, 6.07) is 9.55. The van der Waals surface area contributed by atoms with E-state index in [1.165, 1.54) is 0 Å². The van der Waals surface area contributed by atoms with Crippen LogP contribution >= 0.6 is 0 Å². The maximum atomic E-state index is 12.6. The van der Waals surface area contributed by atoms with Gasteiger partial charge >= 0.3 is 6.03 Å². The number of rotatable bonds is 8. The first-order valence-corrected chi connectivity index (χ1v) is 10.7. The number of anilines is 1. The number of urea groups is 1. The fraction of sp³-hybridized carbons (Fsp3) is 0.619.